The molecule has 0 aliphatic carbocycles. The van der Waals surface area contributed by atoms with E-state index in [4.69, 9.17) is 21.1 Å². The summed E-state index contributed by atoms with van der Waals surface area (Å²) >= 11 is 5.76. The van der Waals surface area contributed by atoms with E-state index in [-0.39, 0.29) is 5.02 Å². The predicted octanol–water partition coefficient (Wildman–Crippen LogP) is 2.85. The molecule has 1 aromatic rings. The van der Waals surface area contributed by atoms with Crippen molar-refractivity contribution in [3.8, 4) is 17.6 Å². The average Bonchev–Trinajstić information content (AvgIpc) is 2.21. The minimum atomic E-state index is -0.696. The Morgan fingerprint density at radius 1 is 1.47 bits per heavy atom. The average molecular weight is 229 g/mol. The maximum Gasteiger partial charge on any atom is 0.264 e. The summed E-state index contributed by atoms with van der Waals surface area (Å²) in [5.41, 5.74) is 0. The van der Waals surface area contributed by atoms with Crippen LogP contribution < -0.4 is 4.74 Å². The van der Waals surface area contributed by atoms with Crippen molar-refractivity contribution >= 4 is 11.6 Å². The second-order valence-electron chi connectivity index (χ2n) is 2.65. The van der Waals surface area contributed by atoms with Gasteiger partial charge in [0.2, 0.25) is 0 Å². The molecule has 0 heterocycles. The van der Waals surface area contributed by atoms with Crippen molar-refractivity contribution in [3.05, 3.63) is 29.0 Å². The van der Waals surface area contributed by atoms with E-state index < -0.39 is 12.1 Å². The lowest BCUT2D eigenvalue weighted by atomic mass is 10.3. The van der Waals surface area contributed by atoms with Gasteiger partial charge in [0.25, 0.3) is 6.29 Å². The van der Waals surface area contributed by atoms with Gasteiger partial charge in [-0.05, 0) is 31.0 Å². The highest BCUT2D eigenvalue weighted by molar-refractivity contribution is 6.32. The highest BCUT2D eigenvalue weighted by Gasteiger charge is 2.08. The fraction of sp³-hybridized carbons (Fsp3) is 0.273. The first-order valence-electron chi connectivity index (χ1n) is 4.24. The van der Waals surface area contributed by atoms with Gasteiger partial charge in [-0.15, -0.1) is 5.92 Å². The summed E-state index contributed by atoms with van der Waals surface area (Å²) in [6.07, 6.45) is -0.696. The Labute approximate surface area is 93.0 Å². The quantitative estimate of drug-likeness (QED) is 0.585. The summed E-state index contributed by atoms with van der Waals surface area (Å²) in [5.74, 6) is 5.25. The molecule has 0 N–H and O–H groups in total. The van der Waals surface area contributed by atoms with Gasteiger partial charge in [-0.3, -0.25) is 0 Å². The van der Waals surface area contributed by atoms with Crippen LogP contribution in [0.15, 0.2) is 18.2 Å². The monoisotopic (exact) mass is 228 g/mol. The third-order valence-electron chi connectivity index (χ3n) is 1.60. The molecule has 0 aliphatic heterocycles. The molecule has 0 amide bonds. The summed E-state index contributed by atoms with van der Waals surface area (Å²) < 4.78 is 22.9. The zero-order valence-electron chi connectivity index (χ0n) is 8.38. The Balaban J connectivity index is 2.82. The molecular formula is C11H10ClFO2. The van der Waals surface area contributed by atoms with Gasteiger partial charge < -0.3 is 9.47 Å². The van der Waals surface area contributed by atoms with Crippen LogP contribution in [0.5, 0.6) is 5.75 Å². The van der Waals surface area contributed by atoms with Gasteiger partial charge in [-0.1, -0.05) is 11.6 Å². The molecule has 1 atom stereocenters. The van der Waals surface area contributed by atoms with Crippen LogP contribution in [0.25, 0.3) is 0 Å². The fourth-order valence-electron chi connectivity index (χ4n) is 0.940. The zero-order valence-corrected chi connectivity index (χ0v) is 9.14. The van der Waals surface area contributed by atoms with Crippen LogP contribution in [0, 0.1) is 17.7 Å². The van der Waals surface area contributed by atoms with E-state index in [0.717, 1.165) is 0 Å². The number of rotatable bonds is 3. The van der Waals surface area contributed by atoms with Crippen molar-refractivity contribution in [1.82, 2.24) is 0 Å². The van der Waals surface area contributed by atoms with Gasteiger partial charge in [-0.2, -0.15) is 0 Å². The van der Waals surface area contributed by atoms with Gasteiger partial charge in [-0.25, -0.2) is 4.39 Å². The molecule has 0 radical (unpaired) electrons. The molecule has 80 valence electrons. The van der Waals surface area contributed by atoms with E-state index in [1.807, 2.05) is 0 Å². The number of methoxy groups -OCH3 is 1. The SMILES string of the molecule is CC#CC(OC)Oc1ccc(F)cc1Cl. The molecular weight excluding hydrogens is 219 g/mol. The number of ether oxygens (including phenoxy) is 2. The standard InChI is InChI=1S/C11H10ClFO2/c1-3-4-11(14-2)15-10-6-5-8(13)7-9(10)12/h5-7,11H,1-2H3. The molecule has 0 spiro atoms. The maximum absolute atomic E-state index is 12.7. The van der Waals surface area contributed by atoms with Crippen LogP contribution in [-0.2, 0) is 4.74 Å². The van der Waals surface area contributed by atoms with Crippen LogP contribution in [-0.4, -0.2) is 13.4 Å². The largest absolute Gasteiger partial charge is 0.452 e. The molecule has 0 bridgehead atoms. The molecule has 4 heteroatoms. The minimum absolute atomic E-state index is 0.190. The normalized spacial score (nSPS) is 11.5. The second kappa shape index (κ2) is 5.59. The van der Waals surface area contributed by atoms with E-state index >= 15 is 0 Å². The van der Waals surface area contributed by atoms with Crippen molar-refractivity contribution < 1.29 is 13.9 Å². The van der Waals surface area contributed by atoms with Crippen molar-refractivity contribution in [2.24, 2.45) is 0 Å². The smallest absolute Gasteiger partial charge is 0.264 e. The Morgan fingerprint density at radius 3 is 2.73 bits per heavy atom. The Bertz CT molecular complexity index is 395. The van der Waals surface area contributed by atoms with E-state index in [1.165, 1.54) is 25.3 Å². The summed E-state index contributed by atoms with van der Waals surface area (Å²) in [4.78, 5) is 0. The van der Waals surface area contributed by atoms with Gasteiger partial charge in [0.05, 0.1) is 5.02 Å². The maximum atomic E-state index is 12.7. The number of hydrogen-bond acceptors (Lipinski definition) is 2. The van der Waals surface area contributed by atoms with Crippen LogP contribution in [0.2, 0.25) is 5.02 Å². The van der Waals surface area contributed by atoms with Gasteiger partial charge >= 0.3 is 0 Å². The molecule has 1 unspecified atom stereocenters. The highest BCUT2D eigenvalue weighted by Crippen LogP contribution is 2.25. The van der Waals surface area contributed by atoms with Gasteiger partial charge in [0, 0.05) is 7.11 Å². The van der Waals surface area contributed by atoms with Crippen molar-refractivity contribution in [1.29, 1.82) is 0 Å². The van der Waals surface area contributed by atoms with Crippen LogP contribution in [0.3, 0.4) is 0 Å². The molecule has 15 heavy (non-hydrogen) atoms. The Morgan fingerprint density at radius 2 is 2.20 bits per heavy atom. The van der Waals surface area contributed by atoms with Crippen LogP contribution >= 0.6 is 11.6 Å². The van der Waals surface area contributed by atoms with E-state index in [2.05, 4.69) is 11.8 Å². The van der Waals surface area contributed by atoms with E-state index in [9.17, 15) is 4.39 Å². The van der Waals surface area contributed by atoms with Crippen LogP contribution in [0.1, 0.15) is 6.92 Å². The lowest BCUT2D eigenvalue weighted by Crippen LogP contribution is -2.16. The molecule has 1 rings (SSSR count). The third kappa shape index (κ3) is 3.43. The van der Waals surface area contributed by atoms with Crippen molar-refractivity contribution in [2.45, 2.75) is 13.2 Å². The van der Waals surface area contributed by atoms with Crippen molar-refractivity contribution in [3.63, 3.8) is 0 Å². The third-order valence-corrected chi connectivity index (χ3v) is 1.90. The minimum Gasteiger partial charge on any atom is -0.452 e. The highest BCUT2D eigenvalue weighted by atomic mass is 35.5. The first-order chi connectivity index (χ1) is 7.17. The lowest BCUT2D eigenvalue weighted by molar-refractivity contribution is -0.00814. The summed E-state index contributed by atoms with van der Waals surface area (Å²) in [7, 11) is 1.46. The van der Waals surface area contributed by atoms with E-state index in [1.54, 1.807) is 6.92 Å². The number of hydrogen-bond donors (Lipinski definition) is 0. The summed E-state index contributed by atoms with van der Waals surface area (Å²) in [6, 6.07) is 3.86. The molecule has 0 aromatic heterocycles. The van der Waals surface area contributed by atoms with E-state index in [0.29, 0.717) is 5.75 Å². The Hall–Kier alpha value is -1.24. The van der Waals surface area contributed by atoms with Gasteiger partial charge in [0.15, 0.2) is 0 Å². The van der Waals surface area contributed by atoms with Crippen molar-refractivity contribution in [2.75, 3.05) is 7.11 Å². The lowest BCUT2D eigenvalue weighted by Gasteiger charge is -2.12. The molecule has 0 saturated heterocycles. The number of benzene rings is 1. The van der Waals surface area contributed by atoms with Crippen LogP contribution in [0.4, 0.5) is 4.39 Å². The molecule has 0 saturated carbocycles. The predicted molar refractivity (Wildman–Crippen MR) is 56.3 cm³/mol. The molecule has 0 aliphatic rings. The first-order valence-corrected chi connectivity index (χ1v) is 4.62. The zero-order chi connectivity index (χ0) is 11.3. The Kier molecular flexibility index (Phi) is 4.41. The molecule has 2 nitrogen and oxygen atoms in total. The number of halogens is 2. The fourth-order valence-corrected chi connectivity index (χ4v) is 1.15. The van der Waals surface area contributed by atoms with Gasteiger partial charge in [0.1, 0.15) is 11.6 Å². The summed E-state index contributed by atoms with van der Waals surface area (Å²) in [6.45, 7) is 1.67. The topological polar surface area (TPSA) is 18.5 Å². The summed E-state index contributed by atoms with van der Waals surface area (Å²) in [5, 5.41) is 0.190. The first kappa shape index (κ1) is 11.8. The molecule has 0 fully saturated rings. The second-order valence-corrected chi connectivity index (χ2v) is 3.06. The molecule has 1 aromatic carbocycles.